The summed E-state index contributed by atoms with van der Waals surface area (Å²) in [6, 6.07) is 10.7. The molecule has 2 aromatic rings. The van der Waals surface area contributed by atoms with E-state index in [0.717, 1.165) is 24.1 Å². The predicted molar refractivity (Wildman–Crippen MR) is 126 cm³/mol. The van der Waals surface area contributed by atoms with Gasteiger partial charge in [0.05, 0.1) is 37.1 Å². The Bertz CT molecular complexity index is 1140. The molecule has 4 rings (SSSR count). The number of hydrazone groups is 1. The number of nitrogens with zero attached hydrogens (tertiary/aromatic N) is 2. The van der Waals surface area contributed by atoms with Gasteiger partial charge < -0.3 is 14.6 Å². The number of fused-ring (bicyclic) bond motifs is 1. The number of carbonyl (C=O) groups excluding carboxylic acids is 1. The van der Waals surface area contributed by atoms with Crippen molar-refractivity contribution in [3.63, 3.8) is 0 Å². The highest BCUT2D eigenvalue weighted by Crippen LogP contribution is 2.38. The van der Waals surface area contributed by atoms with Gasteiger partial charge in [-0.1, -0.05) is 25.5 Å². The van der Waals surface area contributed by atoms with Gasteiger partial charge in [-0.25, -0.2) is 9.80 Å². The predicted octanol–water partition coefficient (Wildman–Crippen LogP) is 4.69. The number of aryl methyl sites for hydroxylation is 1. The van der Waals surface area contributed by atoms with E-state index >= 15 is 0 Å². The molecule has 0 aromatic heterocycles. The summed E-state index contributed by atoms with van der Waals surface area (Å²) in [5.41, 5.74) is 3.21. The van der Waals surface area contributed by atoms with Crippen LogP contribution < -0.4 is 14.5 Å². The molecule has 0 radical (unpaired) electrons. The number of hydrogen-bond acceptors (Lipinski definition) is 5. The number of allylic oxidation sites excluding steroid dienone is 2. The summed E-state index contributed by atoms with van der Waals surface area (Å²) in [6.07, 6.45) is 6.93. The van der Waals surface area contributed by atoms with Crippen LogP contribution in [-0.2, 0) is 11.2 Å². The molecule has 0 fully saturated rings. The normalized spacial score (nSPS) is 19.7. The second kappa shape index (κ2) is 9.48. The Morgan fingerprint density at radius 2 is 1.79 bits per heavy atom. The van der Waals surface area contributed by atoms with Crippen LogP contribution in [0.4, 0.5) is 5.69 Å². The summed E-state index contributed by atoms with van der Waals surface area (Å²) in [6.45, 7) is 2.00. The first-order valence-electron chi connectivity index (χ1n) is 11.1. The molecule has 0 spiro atoms. The second-order valence-corrected chi connectivity index (χ2v) is 8.26. The van der Waals surface area contributed by atoms with Crippen LogP contribution in [0.5, 0.6) is 11.5 Å². The van der Waals surface area contributed by atoms with Crippen LogP contribution in [0, 0.1) is 11.8 Å². The monoisotopic (exact) mass is 448 g/mol. The fourth-order valence-electron chi connectivity index (χ4n) is 4.63. The van der Waals surface area contributed by atoms with Crippen molar-refractivity contribution in [1.82, 2.24) is 0 Å². The van der Waals surface area contributed by atoms with Crippen molar-refractivity contribution in [2.24, 2.45) is 16.9 Å². The minimum atomic E-state index is -0.970. The first kappa shape index (κ1) is 22.6. The lowest BCUT2D eigenvalue weighted by Crippen LogP contribution is -2.45. The second-order valence-electron chi connectivity index (χ2n) is 8.26. The van der Waals surface area contributed by atoms with Crippen LogP contribution in [0.2, 0.25) is 0 Å². The lowest BCUT2D eigenvalue weighted by molar-refractivity contribution is -0.123. The average Bonchev–Trinajstić information content (AvgIpc) is 2.84. The molecule has 1 amide bonds. The van der Waals surface area contributed by atoms with E-state index in [1.807, 2.05) is 31.2 Å². The van der Waals surface area contributed by atoms with Gasteiger partial charge in [-0.15, -0.1) is 0 Å². The van der Waals surface area contributed by atoms with Gasteiger partial charge in [0.2, 0.25) is 0 Å². The molecule has 2 atom stereocenters. The number of anilines is 1. The molecule has 7 heteroatoms. The highest BCUT2D eigenvalue weighted by molar-refractivity contribution is 6.11. The van der Waals surface area contributed by atoms with E-state index in [1.54, 1.807) is 32.4 Å². The number of benzene rings is 2. The Kier molecular flexibility index (Phi) is 6.49. The highest BCUT2D eigenvalue weighted by Gasteiger charge is 2.41. The fourth-order valence-corrected chi connectivity index (χ4v) is 4.63. The third-order valence-electron chi connectivity index (χ3n) is 6.28. The van der Waals surface area contributed by atoms with Gasteiger partial charge >= 0.3 is 5.97 Å². The molecule has 33 heavy (non-hydrogen) atoms. The number of amides is 1. The third-order valence-corrected chi connectivity index (χ3v) is 6.28. The van der Waals surface area contributed by atoms with E-state index < -0.39 is 5.97 Å². The zero-order chi connectivity index (χ0) is 23.5. The number of rotatable bonds is 7. The highest BCUT2D eigenvalue weighted by atomic mass is 16.5. The molecule has 1 N–H and O–H groups in total. The number of carboxylic acid groups (broad SMARTS) is 1. The maximum atomic E-state index is 13.5. The van der Waals surface area contributed by atoms with Crippen LogP contribution in [-0.4, -0.2) is 36.9 Å². The van der Waals surface area contributed by atoms with Crippen LogP contribution in [0.15, 0.2) is 53.7 Å². The number of carboxylic acids is 1. The lowest BCUT2D eigenvalue weighted by atomic mass is 9.76. The van der Waals surface area contributed by atoms with Crippen LogP contribution in [0.25, 0.3) is 0 Å². The number of ether oxygens (including phenoxy) is 2. The van der Waals surface area contributed by atoms with Crippen molar-refractivity contribution < 1.29 is 24.2 Å². The molecule has 2 aliphatic rings. The van der Waals surface area contributed by atoms with E-state index in [0.29, 0.717) is 35.6 Å². The summed E-state index contributed by atoms with van der Waals surface area (Å²) in [5, 5.41) is 15.8. The summed E-state index contributed by atoms with van der Waals surface area (Å²) in [4.78, 5) is 25.1. The van der Waals surface area contributed by atoms with Gasteiger partial charge in [-0.05, 0) is 61.2 Å². The lowest BCUT2D eigenvalue weighted by Gasteiger charge is -2.37. The van der Waals surface area contributed by atoms with Gasteiger partial charge in [0.15, 0.2) is 11.5 Å². The van der Waals surface area contributed by atoms with Crippen molar-refractivity contribution in [3.8, 4) is 11.5 Å². The molecule has 172 valence electrons. The molecule has 0 unspecified atom stereocenters. The van der Waals surface area contributed by atoms with E-state index in [2.05, 4.69) is 6.08 Å². The Hall–Kier alpha value is -3.61. The Morgan fingerprint density at radius 3 is 2.45 bits per heavy atom. The number of hydrogen-bond donors (Lipinski definition) is 1. The topological polar surface area (TPSA) is 88.4 Å². The number of aromatic carboxylic acids is 1. The van der Waals surface area contributed by atoms with Crippen LogP contribution >= 0.6 is 0 Å². The van der Waals surface area contributed by atoms with Crippen molar-refractivity contribution in [2.75, 3.05) is 19.2 Å². The van der Waals surface area contributed by atoms with Gasteiger partial charge in [-0.3, -0.25) is 4.79 Å². The maximum absolute atomic E-state index is 13.5. The van der Waals surface area contributed by atoms with E-state index in [1.165, 1.54) is 5.01 Å². The van der Waals surface area contributed by atoms with Crippen molar-refractivity contribution in [3.05, 3.63) is 65.2 Å². The van der Waals surface area contributed by atoms with E-state index in [4.69, 9.17) is 14.6 Å². The zero-order valence-electron chi connectivity index (χ0n) is 19.1. The first-order chi connectivity index (χ1) is 16.0. The Labute approximate surface area is 193 Å². The summed E-state index contributed by atoms with van der Waals surface area (Å²) >= 11 is 0. The van der Waals surface area contributed by atoms with Crippen LogP contribution in [0.1, 0.15) is 47.7 Å². The zero-order valence-corrected chi connectivity index (χ0v) is 19.1. The molecule has 1 aliphatic heterocycles. The molecular weight excluding hydrogens is 420 g/mol. The molecule has 2 aromatic carbocycles. The Balaban J connectivity index is 1.83. The molecule has 0 saturated carbocycles. The SMILES string of the molecule is CCCc1cc(N2N=C(c3ccc(OC)c(OC)c3)[C@@H]3CC=CC[C@@H]3C2=O)ccc1C(=O)O. The third kappa shape index (κ3) is 4.23. The fraction of sp³-hybridized carbons (Fsp3) is 0.346. The Morgan fingerprint density at radius 1 is 1.06 bits per heavy atom. The molecule has 1 heterocycles. The summed E-state index contributed by atoms with van der Waals surface area (Å²) in [7, 11) is 3.18. The smallest absolute Gasteiger partial charge is 0.335 e. The van der Waals surface area contributed by atoms with Crippen molar-refractivity contribution >= 4 is 23.3 Å². The largest absolute Gasteiger partial charge is 0.493 e. The summed E-state index contributed by atoms with van der Waals surface area (Å²) in [5.74, 6) is -0.0880. The van der Waals surface area contributed by atoms with Crippen molar-refractivity contribution in [1.29, 1.82) is 0 Å². The number of carbonyl (C=O) groups is 2. The van der Waals surface area contributed by atoms with Crippen LogP contribution in [0.3, 0.4) is 0 Å². The van der Waals surface area contributed by atoms with E-state index in [-0.39, 0.29) is 23.3 Å². The minimum Gasteiger partial charge on any atom is -0.493 e. The maximum Gasteiger partial charge on any atom is 0.335 e. The minimum absolute atomic E-state index is 0.0368. The van der Waals surface area contributed by atoms with Gasteiger partial charge in [0.1, 0.15) is 0 Å². The van der Waals surface area contributed by atoms with E-state index in [9.17, 15) is 14.7 Å². The molecule has 7 nitrogen and oxygen atoms in total. The van der Waals surface area contributed by atoms with Gasteiger partial charge in [0.25, 0.3) is 5.91 Å². The van der Waals surface area contributed by atoms with Crippen molar-refractivity contribution in [2.45, 2.75) is 32.6 Å². The molecular formula is C26H28N2O5. The van der Waals surface area contributed by atoms with Gasteiger partial charge in [0, 0.05) is 11.5 Å². The molecule has 1 aliphatic carbocycles. The van der Waals surface area contributed by atoms with Gasteiger partial charge in [-0.2, -0.15) is 5.10 Å². The number of methoxy groups -OCH3 is 2. The summed E-state index contributed by atoms with van der Waals surface area (Å²) < 4.78 is 10.9. The standard InChI is InChI=1S/C26H28N2O5/c1-4-7-16-14-18(11-12-19(16)26(30)31)28-25(29)21-9-6-5-8-20(21)24(27-28)17-10-13-22(32-2)23(15-17)33-3/h5-6,10-15,20-21H,4,7-9H2,1-3H3,(H,30,31)/t20-,21+/m1/s1. The average molecular weight is 449 g/mol. The molecule has 0 bridgehead atoms. The molecule has 0 saturated heterocycles. The first-order valence-corrected chi connectivity index (χ1v) is 11.1. The quantitative estimate of drug-likeness (QED) is 0.621.